The number of carboxylic acid groups (broad SMARTS) is 1. The van der Waals surface area contributed by atoms with Crippen molar-refractivity contribution < 1.29 is 14.7 Å². The first-order chi connectivity index (χ1) is 8.06. The van der Waals surface area contributed by atoms with Crippen LogP contribution in [0.5, 0.6) is 0 Å². The standard InChI is InChI=1S/C13H15NO3/c1-2-5-9-6-3-4-7-10(9)11(14)8-12(15)13(16)17/h3-4,6-8H,2,5,14H2,1H3,(H,16,17)/b11-8-. The van der Waals surface area contributed by atoms with Gasteiger partial charge in [-0.3, -0.25) is 4.79 Å². The minimum atomic E-state index is -1.50. The minimum absolute atomic E-state index is 0.196. The number of benzene rings is 1. The van der Waals surface area contributed by atoms with Crippen LogP contribution in [-0.4, -0.2) is 16.9 Å². The highest BCUT2D eigenvalue weighted by Gasteiger charge is 2.10. The Morgan fingerprint density at radius 1 is 1.35 bits per heavy atom. The second-order valence-electron chi connectivity index (χ2n) is 3.68. The lowest BCUT2D eigenvalue weighted by atomic mass is 10.0. The Balaban J connectivity index is 3.07. The lowest BCUT2D eigenvalue weighted by molar-refractivity contribution is -0.146. The average Bonchev–Trinajstić information content (AvgIpc) is 2.29. The smallest absolute Gasteiger partial charge is 0.376 e. The zero-order chi connectivity index (χ0) is 12.8. The van der Waals surface area contributed by atoms with Crippen LogP contribution in [0.1, 0.15) is 24.5 Å². The van der Waals surface area contributed by atoms with Crippen LogP contribution in [0.3, 0.4) is 0 Å². The molecule has 0 atom stereocenters. The second kappa shape index (κ2) is 5.84. The van der Waals surface area contributed by atoms with Crippen molar-refractivity contribution in [2.45, 2.75) is 19.8 Å². The van der Waals surface area contributed by atoms with E-state index >= 15 is 0 Å². The Morgan fingerprint density at radius 3 is 2.59 bits per heavy atom. The van der Waals surface area contributed by atoms with Gasteiger partial charge in [-0.05, 0) is 12.0 Å². The number of rotatable bonds is 5. The fraction of sp³-hybridized carbons (Fsp3) is 0.231. The van der Waals surface area contributed by atoms with Crippen molar-refractivity contribution in [2.24, 2.45) is 5.73 Å². The molecule has 0 radical (unpaired) electrons. The van der Waals surface area contributed by atoms with E-state index in [1.807, 2.05) is 19.1 Å². The van der Waals surface area contributed by atoms with Crippen LogP contribution in [0.25, 0.3) is 5.70 Å². The summed E-state index contributed by atoms with van der Waals surface area (Å²) < 4.78 is 0. The van der Waals surface area contributed by atoms with Crippen molar-refractivity contribution in [3.8, 4) is 0 Å². The maximum atomic E-state index is 11.0. The number of carboxylic acids is 1. The molecule has 0 spiro atoms. The first-order valence-corrected chi connectivity index (χ1v) is 5.39. The van der Waals surface area contributed by atoms with E-state index in [2.05, 4.69) is 0 Å². The fourth-order valence-corrected chi connectivity index (χ4v) is 1.57. The molecule has 0 heterocycles. The summed E-state index contributed by atoms with van der Waals surface area (Å²) in [4.78, 5) is 21.5. The van der Waals surface area contributed by atoms with Crippen molar-refractivity contribution in [3.63, 3.8) is 0 Å². The van der Waals surface area contributed by atoms with E-state index in [-0.39, 0.29) is 5.70 Å². The normalized spacial score (nSPS) is 11.2. The van der Waals surface area contributed by atoms with Gasteiger partial charge in [-0.15, -0.1) is 0 Å². The van der Waals surface area contributed by atoms with E-state index in [9.17, 15) is 9.59 Å². The summed E-state index contributed by atoms with van der Waals surface area (Å²) in [6.45, 7) is 2.04. The molecule has 0 saturated heterocycles. The Morgan fingerprint density at radius 2 is 2.00 bits per heavy atom. The van der Waals surface area contributed by atoms with Gasteiger partial charge >= 0.3 is 5.97 Å². The third kappa shape index (κ3) is 3.45. The molecule has 1 aromatic carbocycles. The number of nitrogens with two attached hydrogens (primary N) is 1. The molecular formula is C13H15NO3. The van der Waals surface area contributed by atoms with Crippen molar-refractivity contribution in [1.82, 2.24) is 0 Å². The van der Waals surface area contributed by atoms with Gasteiger partial charge in [0.05, 0.1) is 0 Å². The van der Waals surface area contributed by atoms with Crippen LogP contribution in [0.15, 0.2) is 30.3 Å². The average molecular weight is 233 g/mol. The molecule has 90 valence electrons. The molecule has 0 aliphatic rings. The van der Waals surface area contributed by atoms with Gasteiger partial charge in [0.25, 0.3) is 5.78 Å². The van der Waals surface area contributed by atoms with Crippen LogP contribution in [0.2, 0.25) is 0 Å². The molecule has 0 saturated carbocycles. The van der Waals surface area contributed by atoms with Gasteiger partial charge in [-0.25, -0.2) is 4.79 Å². The molecule has 1 aromatic rings. The van der Waals surface area contributed by atoms with Crippen molar-refractivity contribution in [2.75, 3.05) is 0 Å². The van der Waals surface area contributed by atoms with Crippen LogP contribution in [-0.2, 0) is 16.0 Å². The van der Waals surface area contributed by atoms with Crippen molar-refractivity contribution >= 4 is 17.4 Å². The van der Waals surface area contributed by atoms with E-state index in [1.165, 1.54) is 0 Å². The third-order valence-corrected chi connectivity index (χ3v) is 2.35. The first-order valence-electron chi connectivity index (χ1n) is 5.39. The summed E-state index contributed by atoms with van der Waals surface area (Å²) in [7, 11) is 0. The molecule has 4 nitrogen and oxygen atoms in total. The molecule has 1 rings (SSSR count). The van der Waals surface area contributed by atoms with E-state index < -0.39 is 11.8 Å². The molecule has 0 aliphatic heterocycles. The molecule has 0 amide bonds. The molecule has 17 heavy (non-hydrogen) atoms. The van der Waals surface area contributed by atoms with Crippen molar-refractivity contribution in [3.05, 3.63) is 41.5 Å². The van der Waals surface area contributed by atoms with Gasteiger partial charge in [0, 0.05) is 17.3 Å². The topological polar surface area (TPSA) is 80.4 Å². The summed E-state index contributed by atoms with van der Waals surface area (Å²) in [6, 6.07) is 7.40. The molecule has 0 fully saturated rings. The summed E-state index contributed by atoms with van der Waals surface area (Å²) in [5, 5.41) is 8.50. The number of ketones is 1. The number of carbonyl (C=O) groups is 2. The second-order valence-corrected chi connectivity index (χ2v) is 3.68. The Kier molecular flexibility index (Phi) is 4.46. The predicted octanol–water partition coefficient (Wildman–Crippen LogP) is 1.59. The Hall–Kier alpha value is -2.10. The number of aliphatic carboxylic acids is 1. The highest BCUT2D eigenvalue weighted by molar-refractivity contribution is 6.38. The SMILES string of the molecule is CCCc1ccccc1/C(N)=C/C(=O)C(=O)O. The molecule has 3 N–H and O–H groups in total. The summed E-state index contributed by atoms with van der Waals surface area (Å²) in [6.07, 6.45) is 2.75. The summed E-state index contributed by atoms with van der Waals surface area (Å²) in [5.41, 5.74) is 7.68. The molecule has 4 heteroatoms. The zero-order valence-electron chi connectivity index (χ0n) is 9.64. The zero-order valence-corrected chi connectivity index (χ0v) is 9.64. The third-order valence-electron chi connectivity index (χ3n) is 2.35. The van der Waals surface area contributed by atoms with Crippen molar-refractivity contribution in [1.29, 1.82) is 0 Å². The number of aryl methyl sites for hydroxylation is 1. The Bertz CT molecular complexity index is 463. The van der Waals surface area contributed by atoms with E-state index in [1.54, 1.807) is 12.1 Å². The maximum absolute atomic E-state index is 11.0. The minimum Gasteiger partial charge on any atom is -0.475 e. The quantitative estimate of drug-likeness (QED) is 0.598. The first kappa shape index (κ1) is 13.0. The van der Waals surface area contributed by atoms with Gasteiger partial charge in [0.15, 0.2) is 0 Å². The van der Waals surface area contributed by atoms with Gasteiger partial charge in [-0.1, -0.05) is 37.6 Å². The van der Waals surface area contributed by atoms with Gasteiger partial charge < -0.3 is 10.8 Å². The number of hydrogen-bond acceptors (Lipinski definition) is 3. The maximum Gasteiger partial charge on any atom is 0.376 e. The lowest BCUT2D eigenvalue weighted by Gasteiger charge is -2.08. The van der Waals surface area contributed by atoms with Gasteiger partial charge in [-0.2, -0.15) is 0 Å². The van der Waals surface area contributed by atoms with Crippen LogP contribution >= 0.6 is 0 Å². The fourth-order valence-electron chi connectivity index (χ4n) is 1.57. The molecule has 0 bridgehead atoms. The summed E-state index contributed by atoms with van der Waals surface area (Å²) >= 11 is 0. The highest BCUT2D eigenvalue weighted by Crippen LogP contribution is 2.16. The molecule has 0 unspecified atom stereocenters. The molecule has 0 aromatic heterocycles. The van der Waals surface area contributed by atoms with Crippen LogP contribution in [0.4, 0.5) is 0 Å². The summed E-state index contributed by atoms with van der Waals surface area (Å²) in [5.74, 6) is -2.50. The van der Waals surface area contributed by atoms with Gasteiger partial charge in [0.1, 0.15) is 0 Å². The molecular weight excluding hydrogens is 218 g/mol. The number of carbonyl (C=O) groups excluding carboxylic acids is 1. The molecule has 0 aliphatic carbocycles. The van der Waals surface area contributed by atoms with E-state index in [0.717, 1.165) is 30.0 Å². The van der Waals surface area contributed by atoms with E-state index in [4.69, 9.17) is 10.8 Å². The monoisotopic (exact) mass is 233 g/mol. The lowest BCUT2D eigenvalue weighted by Crippen LogP contribution is -2.12. The highest BCUT2D eigenvalue weighted by atomic mass is 16.4. The van der Waals surface area contributed by atoms with Gasteiger partial charge in [0.2, 0.25) is 0 Å². The van der Waals surface area contributed by atoms with E-state index in [0.29, 0.717) is 0 Å². The van der Waals surface area contributed by atoms with Crippen LogP contribution in [0, 0.1) is 0 Å². The van der Waals surface area contributed by atoms with Crippen LogP contribution < -0.4 is 5.73 Å². The Labute approximate surface area is 99.8 Å². The largest absolute Gasteiger partial charge is 0.475 e. The predicted molar refractivity (Wildman–Crippen MR) is 65.2 cm³/mol. The number of hydrogen-bond donors (Lipinski definition) is 2.